The van der Waals surface area contributed by atoms with Gasteiger partial charge >= 0.3 is 19.8 Å². The fourth-order valence-corrected chi connectivity index (χ4v) is 6.62. The molecule has 0 aliphatic rings. The van der Waals surface area contributed by atoms with Crippen molar-refractivity contribution in [3.63, 3.8) is 0 Å². The lowest BCUT2D eigenvalue weighted by atomic mass is 10.1. The number of esters is 2. The second-order valence-corrected chi connectivity index (χ2v) is 17.9. The predicted octanol–water partition coefficient (Wildman–Crippen LogP) is 13.2. The van der Waals surface area contributed by atoms with Gasteiger partial charge in [0.25, 0.3) is 0 Å². The molecule has 0 aromatic rings. The van der Waals surface area contributed by atoms with Crippen molar-refractivity contribution >= 4 is 19.8 Å². The fourth-order valence-electron chi connectivity index (χ4n) is 5.88. The van der Waals surface area contributed by atoms with Crippen molar-refractivity contribution in [2.75, 3.05) is 47.5 Å². The maximum atomic E-state index is 12.7. The van der Waals surface area contributed by atoms with Gasteiger partial charge in [-0.3, -0.25) is 18.6 Å². The van der Waals surface area contributed by atoms with E-state index in [9.17, 15) is 19.0 Å². The van der Waals surface area contributed by atoms with E-state index in [2.05, 4.69) is 74.6 Å². The highest BCUT2D eigenvalue weighted by atomic mass is 31.2. The van der Waals surface area contributed by atoms with Gasteiger partial charge in [-0.2, -0.15) is 0 Å². The molecule has 0 saturated carbocycles. The van der Waals surface area contributed by atoms with Crippen LogP contribution in [0, 0.1) is 0 Å². The number of nitrogens with zero attached hydrogens (tertiary/aromatic N) is 1. The first-order valence-corrected chi connectivity index (χ1v) is 24.5. The largest absolute Gasteiger partial charge is 0.472 e. The Morgan fingerprint density at radius 3 is 1.47 bits per heavy atom. The van der Waals surface area contributed by atoms with Crippen molar-refractivity contribution in [2.24, 2.45) is 0 Å². The van der Waals surface area contributed by atoms with E-state index in [1.165, 1.54) is 83.5 Å². The number of hydrogen-bond acceptors (Lipinski definition) is 7. The molecule has 10 heteroatoms. The highest BCUT2D eigenvalue weighted by Crippen LogP contribution is 2.43. The summed E-state index contributed by atoms with van der Waals surface area (Å²) in [5, 5.41) is 0. The third-order valence-corrected chi connectivity index (χ3v) is 10.5. The van der Waals surface area contributed by atoms with E-state index < -0.39 is 32.5 Å². The van der Waals surface area contributed by atoms with Crippen molar-refractivity contribution in [1.29, 1.82) is 0 Å². The van der Waals surface area contributed by atoms with Gasteiger partial charge < -0.3 is 18.9 Å². The fraction of sp³-hybridized carbons (Fsp3) is 0.750. The van der Waals surface area contributed by atoms with Crippen LogP contribution in [-0.4, -0.2) is 74.9 Å². The number of phosphoric ester groups is 1. The summed E-state index contributed by atoms with van der Waals surface area (Å²) in [4.78, 5) is 35.3. The zero-order valence-corrected chi connectivity index (χ0v) is 38.7. The van der Waals surface area contributed by atoms with Crippen LogP contribution in [0.2, 0.25) is 0 Å². The first kappa shape index (κ1) is 55.7. The van der Waals surface area contributed by atoms with Gasteiger partial charge in [-0.1, -0.05) is 152 Å². The maximum Gasteiger partial charge on any atom is 0.472 e. The summed E-state index contributed by atoms with van der Waals surface area (Å²) in [7, 11) is 1.43. The van der Waals surface area contributed by atoms with Crippen LogP contribution in [0.1, 0.15) is 181 Å². The molecule has 0 radical (unpaired) electrons. The number of hydrogen-bond donors (Lipinski definition) is 1. The third-order valence-electron chi connectivity index (χ3n) is 9.52. The summed E-state index contributed by atoms with van der Waals surface area (Å²) >= 11 is 0. The molecule has 0 amide bonds. The standard InChI is InChI=1S/C48H86NO8P/c1-6-8-10-12-14-16-18-20-21-22-23-24-25-26-27-29-31-33-35-37-39-41-48(51)57-46(45-56-58(52,53)55-43-42-49(3,4)5)44-54-47(50)40-38-36-34-32-30-28-19-17-15-13-11-9-7-2/h17,19,21-22,24-25,27,29,33,35,46H,6-16,18,20,23,26,28,30-32,34,36-45H2,1-5H3/p+1/b19-17+,22-21+,25-24+,29-27+,35-33+/t46-/m1/s1. The van der Waals surface area contributed by atoms with Gasteiger partial charge in [-0.05, 0) is 77.0 Å². The number of allylic oxidation sites excluding steroid dienone is 10. The minimum absolute atomic E-state index is 0.0180. The Morgan fingerprint density at radius 2 is 0.948 bits per heavy atom. The summed E-state index contributed by atoms with van der Waals surface area (Å²) in [6, 6.07) is 0. The summed E-state index contributed by atoms with van der Waals surface area (Å²) < 4.78 is 34.2. The van der Waals surface area contributed by atoms with Crippen molar-refractivity contribution in [3.8, 4) is 0 Å². The lowest BCUT2D eigenvalue weighted by molar-refractivity contribution is -0.870. The van der Waals surface area contributed by atoms with Gasteiger partial charge in [-0.25, -0.2) is 4.57 Å². The molecule has 1 N–H and O–H groups in total. The SMILES string of the molecule is CCCCCC/C=C/CCCCCCCC(=O)OC[C@H](COP(=O)(O)OCC[N+](C)(C)C)OC(=O)CCC/C=C/C/C=C/C/C=C/C/C=C/CCCCCCCCC. The molecule has 0 aromatic carbocycles. The quantitative estimate of drug-likeness (QED) is 0.0213. The number of unbranched alkanes of at least 4 members (excludes halogenated alkanes) is 17. The monoisotopic (exact) mass is 837 g/mol. The summed E-state index contributed by atoms with van der Waals surface area (Å²) in [6.07, 6.45) is 48.5. The summed E-state index contributed by atoms with van der Waals surface area (Å²) in [6.45, 7) is 4.32. The van der Waals surface area contributed by atoms with Crippen molar-refractivity contribution in [2.45, 2.75) is 187 Å². The minimum atomic E-state index is -4.39. The number of ether oxygens (including phenoxy) is 2. The number of rotatable bonds is 41. The number of carbonyl (C=O) groups excluding carboxylic acids is 2. The van der Waals surface area contributed by atoms with Gasteiger partial charge in [0.05, 0.1) is 27.7 Å². The first-order valence-electron chi connectivity index (χ1n) is 23.0. The molecule has 336 valence electrons. The van der Waals surface area contributed by atoms with E-state index in [-0.39, 0.29) is 26.1 Å². The van der Waals surface area contributed by atoms with Crippen LogP contribution in [0.5, 0.6) is 0 Å². The average molecular weight is 837 g/mol. The normalized spacial score (nSPS) is 14.1. The molecule has 0 aliphatic heterocycles. The van der Waals surface area contributed by atoms with Crippen LogP contribution in [0.15, 0.2) is 60.8 Å². The average Bonchev–Trinajstić information content (AvgIpc) is 3.17. The Kier molecular flexibility index (Phi) is 38.5. The van der Waals surface area contributed by atoms with E-state index in [1.807, 2.05) is 21.1 Å². The second kappa shape index (κ2) is 40.1. The lowest BCUT2D eigenvalue weighted by Crippen LogP contribution is -2.37. The van der Waals surface area contributed by atoms with E-state index in [4.69, 9.17) is 18.5 Å². The molecule has 0 spiro atoms. The van der Waals surface area contributed by atoms with Gasteiger partial charge in [0.2, 0.25) is 0 Å². The van der Waals surface area contributed by atoms with E-state index >= 15 is 0 Å². The Bertz CT molecular complexity index is 1170. The topological polar surface area (TPSA) is 108 Å². The molecule has 0 aliphatic carbocycles. The number of likely N-dealkylation sites (N-methyl/N-ethyl adjacent to an activating group) is 1. The van der Waals surface area contributed by atoms with Gasteiger partial charge in [0, 0.05) is 12.8 Å². The van der Waals surface area contributed by atoms with Crippen LogP contribution in [0.25, 0.3) is 0 Å². The third kappa shape index (κ3) is 43.3. The van der Waals surface area contributed by atoms with Crippen molar-refractivity contribution in [3.05, 3.63) is 60.8 Å². The lowest BCUT2D eigenvalue weighted by Gasteiger charge is -2.24. The van der Waals surface area contributed by atoms with Crippen LogP contribution in [0.4, 0.5) is 0 Å². The maximum absolute atomic E-state index is 12.7. The summed E-state index contributed by atoms with van der Waals surface area (Å²) in [5.41, 5.74) is 0. The number of carbonyl (C=O) groups is 2. The van der Waals surface area contributed by atoms with Crippen LogP contribution in [-0.2, 0) is 32.7 Å². The zero-order valence-electron chi connectivity index (χ0n) is 37.8. The molecule has 0 aromatic heterocycles. The highest BCUT2D eigenvalue weighted by molar-refractivity contribution is 7.47. The van der Waals surface area contributed by atoms with E-state index in [0.717, 1.165) is 57.8 Å². The molecule has 0 rings (SSSR count). The zero-order chi connectivity index (χ0) is 42.8. The van der Waals surface area contributed by atoms with Gasteiger partial charge in [0.1, 0.15) is 19.8 Å². The Hall–Kier alpha value is -2.29. The Labute approximate surface area is 356 Å². The highest BCUT2D eigenvalue weighted by Gasteiger charge is 2.27. The second-order valence-electron chi connectivity index (χ2n) is 16.4. The van der Waals surface area contributed by atoms with Crippen molar-refractivity contribution < 1.29 is 42.1 Å². The van der Waals surface area contributed by atoms with Crippen LogP contribution >= 0.6 is 7.82 Å². The first-order chi connectivity index (χ1) is 28.0. The number of quaternary nitrogens is 1. The molecule has 2 atom stereocenters. The molecule has 0 heterocycles. The predicted molar refractivity (Wildman–Crippen MR) is 243 cm³/mol. The molecule has 1 unspecified atom stereocenters. The molecule has 9 nitrogen and oxygen atoms in total. The molecular weight excluding hydrogens is 750 g/mol. The van der Waals surface area contributed by atoms with Crippen LogP contribution < -0.4 is 0 Å². The molecule has 0 saturated heterocycles. The molecular formula is C48H87NO8P+. The van der Waals surface area contributed by atoms with Gasteiger partial charge in [0.15, 0.2) is 6.10 Å². The smallest absolute Gasteiger partial charge is 0.462 e. The van der Waals surface area contributed by atoms with E-state index in [0.29, 0.717) is 23.9 Å². The minimum Gasteiger partial charge on any atom is -0.462 e. The Morgan fingerprint density at radius 1 is 0.534 bits per heavy atom. The molecule has 0 fully saturated rings. The van der Waals surface area contributed by atoms with Crippen molar-refractivity contribution in [1.82, 2.24) is 0 Å². The molecule has 0 bridgehead atoms. The van der Waals surface area contributed by atoms with Gasteiger partial charge in [-0.15, -0.1) is 0 Å². The Balaban J connectivity index is 4.45. The van der Waals surface area contributed by atoms with E-state index in [1.54, 1.807) is 0 Å². The molecule has 58 heavy (non-hydrogen) atoms. The summed E-state index contributed by atoms with van der Waals surface area (Å²) in [5.74, 6) is -0.877. The number of phosphoric acid groups is 1. The van der Waals surface area contributed by atoms with Crippen LogP contribution in [0.3, 0.4) is 0 Å².